The van der Waals surface area contributed by atoms with Crippen molar-refractivity contribution in [3.8, 4) is 10.6 Å². The van der Waals surface area contributed by atoms with Gasteiger partial charge in [0, 0.05) is 12.0 Å². The van der Waals surface area contributed by atoms with Gasteiger partial charge in [-0.15, -0.1) is 10.2 Å². The topological polar surface area (TPSA) is 42.9 Å². The number of aryl methyl sites for hydroxylation is 1. The minimum Gasteiger partial charge on any atom is -0.291 e. The van der Waals surface area contributed by atoms with Crippen molar-refractivity contribution in [1.82, 2.24) is 10.2 Å². The summed E-state index contributed by atoms with van der Waals surface area (Å²) in [5, 5.41) is 9.56. The van der Waals surface area contributed by atoms with Crippen molar-refractivity contribution in [3.05, 3.63) is 71.2 Å². The fraction of sp³-hybridized carbons (Fsp3) is 0.286. The van der Waals surface area contributed by atoms with Gasteiger partial charge in [0.1, 0.15) is 5.01 Å². The molecular weight excluding hydrogens is 328 g/mol. The molecule has 3 nitrogen and oxygen atoms in total. The van der Waals surface area contributed by atoms with Crippen LogP contribution in [-0.2, 0) is 6.42 Å². The van der Waals surface area contributed by atoms with Gasteiger partial charge in [0.05, 0.1) is 0 Å². The SMILES string of the molecule is O=C(CCCCCCc1ccccc1)c1nnc(-c2ccccc2)s1. The van der Waals surface area contributed by atoms with Crippen LogP contribution in [0.4, 0.5) is 0 Å². The van der Waals surface area contributed by atoms with E-state index < -0.39 is 0 Å². The third kappa shape index (κ3) is 5.33. The van der Waals surface area contributed by atoms with Crippen LogP contribution < -0.4 is 0 Å². The van der Waals surface area contributed by atoms with Gasteiger partial charge < -0.3 is 0 Å². The summed E-state index contributed by atoms with van der Waals surface area (Å²) in [4.78, 5) is 12.3. The van der Waals surface area contributed by atoms with Gasteiger partial charge in [-0.05, 0) is 24.8 Å². The fourth-order valence-corrected chi connectivity index (χ4v) is 3.57. The average Bonchev–Trinajstić information content (AvgIpc) is 3.16. The van der Waals surface area contributed by atoms with Crippen LogP contribution in [0.1, 0.15) is 47.5 Å². The number of hydrogen-bond acceptors (Lipinski definition) is 4. The minimum atomic E-state index is 0.114. The fourth-order valence-electron chi connectivity index (χ4n) is 2.75. The highest BCUT2D eigenvalue weighted by Gasteiger charge is 2.13. The Morgan fingerprint density at radius 1 is 0.800 bits per heavy atom. The first-order valence-corrected chi connectivity index (χ1v) is 9.60. The van der Waals surface area contributed by atoms with Crippen molar-refractivity contribution >= 4 is 17.1 Å². The van der Waals surface area contributed by atoms with Gasteiger partial charge in [-0.2, -0.15) is 0 Å². The maximum absolute atomic E-state index is 12.3. The van der Waals surface area contributed by atoms with Crippen molar-refractivity contribution < 1.29 is 4.79 Å². The van der Waals surface area contributed by atoms with Gasteiger partial charge in [0.2, 0.25) is 0 Å². The summed E-state index contributed by atoms with van der Waals surface area (Å²) < 4.78 is 0. The van der Waals surface area contributed by atoms with Crippen LogP contribution in [0, 0.1) is 0 Å². The Bertz CT molecular complexity index is 784. The van der Waals surface area contributed by atoms with E-state index in [0.717, 1.165) is 36.3 Å². The zero-order chi connectivity index (χ0) is 17.3. The summed E-state index contributed by atoms with van der Waals surface area (Å²) in [7, 11) is 0. The number of carbonyl (C=O) groups excluding carboxylic acids is 1. The second-order valence-electron chi connectivity index (χ2n) is 6.10. The zero-order valence-corrected chi connectivity index (χ0v) is 15.0. The third-order valence-electron chi connectivity index (χ3n) is 4.15. The lowest BCUT2D eigenvalue weighted by atomic mass is 10.0. The van der Waals surface area contributed by atoms with E-state index in [-0.39, 0.29) is 5.78 Å². The molecule has 0 spiro atoms. The van der Waals surface area contributed by atoms with E-state index in [1.807, 2.05) is 36.4 Å². The van der Waals surface area contributed by atoms with Crippen LogP contribution in [0.15, 0.2) is 60.7 Å². The maximum atomic E-state index is 12.3. The normalized spacial score (nSPS) is 10.7. The van der Waals surface area contributed by atoms with Gasteiger partial charge in [-0.25, -0.2) is 0 Å². The first kappa shape index (κ1) is 17.5. The molecule has 0 fully saturated rings. The molecule has 1 heterocycles. The first-order chi connectivity index (χ1) is 12.3. The number of nitrogens with zero attached hydrogens (tertiary/aromatic N) is 2. The lowest BCUT2D eigenvalue weighted by Crippen LogP contribution is -1.98. The van der Waals surface area contributed by atoms with E-state index in [1.54, 1.807) is 0 Å². The van der Waals surface area contributed by atoms with E-state index >= 15 is 0 Å². The van der Waals surface area contributed by atoms with Crippen LogP contribution >= 0.6 is 11.3 Å². The van der Waals surface area contributed by atoms with Crippen molar-refractivity contribution in [2.24, 2.45) is 0 Å². The molecule has 0 saturated heterocycles. The third-order valence-corrected chi connectivity index (χ3v) is 5.16. The largest absolute Gasteiger partial charge is 0.291 e. The van der Waals surface area contributed by atoms with Crippen molar-refractivity contribution in [2.45, 2.75) is 38.5 Å². The van der Waals surface area contributed by atoms with Crippen LogP contribution in [-0.4, -0.2) is 16.0 Å². The highest BCUT2D eigenvalue weighted by atomic mass is 32.1. The summed E-state index contributed by atoms with van der Waals surface area (Å²) in [6.45, 7) is 0. The molecule has 0 saturated carbocycles. The Hall–Kier alpha value is -2.33. The summed E-state index contributed by atoms with van der Waals surface area (Å²) in [5.74, 6) is 0.114. The van der Waals surface area contributed by atoms with Crippen LogP contribution in [0.2, 0.25) is 0 Å². The smallest absolute Gasteiger partial charge is 0.193 e. The minimum absolute atomic E-state index is 0.114. The standard InChI is InChI=1S/C21H22N2OS/c24-19(16-10-2-1-5-11-17-12-6-3-7-13-17)21-23-22-20(25-21)18-14-8-4-9-15-18/h3-4,6-9,12-15H,1-2,5,10-11,16H2. The van der Waals surface area contributed by atoms with E-state index in [9.17, 15) is 4.79 Å². The van der Waals surface area contributed by atoms with Gasteiger partial charge in [0.25, 0.3) is 0 Å². The zero-order valence-electron chi connectivity index (χ0n) is 14.2. The van der Waals surface area contributed by atoms with Gasteiger partial charge in [-0.1, -0.05) is 84.8 Å². The Balaban J connectivity index is 1.37. The number of unbranched alkanes of at least 4 members (excludes halogenated alkanes) is 3. The summed E-state index contributed by atoms with van der Waals surface area (Å²) in [6.07, 6.45) is 6.03. The highest BCUT2D eigenvalue weighted by Crippen LogP contribution is 2.24. The molecule has 0 aliphatic heterocycles. The molecule has 0 N–H and O–H groups in total. The average molecular weight is 350 g/mol. The highest BCUT2D eigenvalue weighted by molar-refractivity contribution is 7.16. The summed E-state index contributed by atoms with van der Waals surface area (Å²) in [6, 6.07) is 20.4. The quantitative estimate of drug-likeness (QED) is 0.374. The molecule has 0 atom stereocenters. The molecule has 2 aromatic carbocycles. The number of Topliss-reactive ketones (excluding diaryl/α,β-unsaturated/α-hetero) is 1. The number of carbonyl (C=O) groups is 1. The molecule has 1 aromatic heterocycles. The molecule has 0 aliphatic carbocycles. The first-order valence-electron chi connectivity index (χ1n) is 8.79. The molecule has 128 valence electrons. The van der Waals surface area contributed by atoms with Gasteiger partial charge in [0.15, 0.2) is 10.8 Å². The molecular formula is C21H22N2OS. The van der Waals surface area contributed by atoms with Gasteiger partial charge in [-0.3, -0.25) is 4.79 Å². The lowest BCUT2D eigenvalue weighted by molar-refractivity contribution is 0.0978. The molecule has 3 aromatic rings. The Morgan fingerprint density at radius 3 is 2.24 bits per heavy atom. The summed E-state index contributed by atoms with van der Waals surface area (Å²) in [5.41, 5.74) is 2.40. The molecule has 3 rings (SSSR count). The van der Waals surface area contributed by atoms with Gasteiger partial charge >= 0.3 is 0 Å². The van der Waals surface area contributed by atoms with E-state index in [2.05, 4.69) is 34.5 Å². The Morgan fingerprint density at radius 2 is 1.48 bits per heavy atom. The Kier molecular flexibility index (Phi) is 6.46. The molecule has 4 heteroatoms. The Labute approximate surface area is 152 Å². The molecule has 0 unspecified atom stereocenters. The predicted octanol–water partition coefficient (Wildman–Crippen LogP) is 5.58. The lowest BCUT2D eigenvalue weighted by Gasteiger charge is -2.01. The van der Waals surface area contributed by atoms with Crippen molar-refractivity contribution in [3.63, 3.8) is 0 Å². The summed E-state index contributed by atoms with van der Waals surface area (Å²) >= 11 is 1.39. The number of benzene rings is 2. The number of hydrogen-bond donors (Lipinski definition) is 0. The monoisotopic (exact) mass is 350 g/mol. The van der Waals surface area contributed by atoms with Crippen LogP contribution in [0.25, 0.3) is 10.6 Å². The second kappa shape index (κ2) is 9.23. The number of rotatable bonds is 9. The molecule has 25 heavy (non-hydrogen) atoms. The number of ketones is 1. The van der Waals surface area contributed by atoms with Crippen LogP contribution in [0.3, 0.4) is 0 Å². The van der Waals surface area contributed by atoms with Crippen LogP contribution in [0.5, 0.6) is 0 Å². The van der Waals surface area contributed by atoms with Crippen molar-refractivity contribution in [1.29, 1.82) is 0 Å². The number of aromatic nitrogens is 2. The van der Waals surface area contributed by atoms with Crippen molar-refractivity contribution in [2.75, 3.05) is 0 Å². The van der Waals surface area contributed by atoms with E-state index in [4.69, 9.17) is 0 Å². The predicted molar refractivity (Wildman–Crippen MR) is 103 cm³/mol. The maximum Gasteiger partial charge on any atom is 0.193 e. The molecule has 0 amide bonds. The second-order valence-corrected chi connectivity index (χ2v) is 7.08. The van der Waals surface area contributed by atoms with E-state index in [0.29, 0.717) is 11.4 Å². The van der Waals surface area contributed by atoms with E-state index in [1.165, 1.54) is 23.3 Å². The molecule has 0 radical (unpaired) electrons. The molecule has 0 bridgehead atoms. The molecule has 0 aliphatic rings.